The van der Waals surface area contributed by atoms with Crippen LogP contribution in [-0.2, 0) is 6.54 Å². The Hall–Kier alpha value is -1.46. The van der Waals surface area contributed by atoms with Gasteiger partial charge in [-0.25, -0.2) is 0 Å². The lowest BCUT2D eigenvalue weighted by Crippen LogP contribution is -2.32. The van der Waals surface area contributed by atoms with Gasteiger partial charge in [-0.05, 0) is 28.6 Å². The van der Waals surface area contributed by atoms with Crippen LogP contribution in [0, 0.1) is 0 Å². The molecular weight excluding hydrogens is 338 g/mol. The number of hydrogen-bond acceptors (Lipinski definition) is 3. The summed E-state index contributed by atoms with van der Waals surface area (Å²) in [4.78, 5) is 27.3. The molecule has 2 aliphatic rings. The highest BCUT2D eigenvalue weighted by molar-refractivity contribution is 9.10. The van der Waals surface area contributed by atoms with Crippen molar-refractivity contribution >= 4 is 39.0 Å². The first-order chi connectivity index (χ1) is 9.68. The number of nitrogens with zero attached hydrogens (tertiary/aromatic N) is 1. The van der Waals surface area contributed by atoms with Gasteiger partial charge in [0, 0.05) is 12.1 Å². The fourth-order valence-corrected chi connectivity index (χ4v) is 4.86. The van der Waals surface area contributed by atoms with Crippen LogP contribution in [0.25, 0.3) is 0 Å². The van der Waals surface area contributed by atoms with Gasteiger partial charge in [0.2, 0.25) is 0 Å². The Morgan fingerprint density at radius 3 is 2.85 bits per heavy atom. The number of thiophene rings is 1. The van der Waals surface area contributed by atoms with Gasteiger partial charge in [0.25, 0.3) is 5.91 Å². The second kappa shape index (κ2) is 4.27. The number of alkyl halides is 1. The van der Waals surface area contributed by atoms with Gasteiger partial charge in [-0.15, -0.1) is 11.3 Å². The quantitative estimate of drug-likeness (QED) is 0.685. The molecule has 0 spiro atoms. The van der Waals surface area contributed by atoms with Gasteiger partial charge >= 0.3 is 0 Å². The summed E-state index contributed by atoms with van der Waals surface area (Å²) in [6, 6.07) is 9.30. The third-order valence-electron chi connectivity index (χ3n) is 3.95. The molecule has 0 unspecified atom stereocenters. The van der Waals surface area contributed by atoms with Crippen molar-refractivity contribution < 1.29 is 9.59 Å². The lowest BCUT2D eigenvalue weighted by atomic mass is 10.0. The Morgan fingerprint density at radius 1 is 1.20 bits per heavy atom. The zero-order valence-electron chi connectivity index (χ0n) is 10.4. The van der Waals surface area contributed by atoms with Crippen LogP contribution in [0.3, 0.4) is 0 Å². The van der Waals surface area contributed by atoms with E-state index in [-0.39, 0.29) is 22.6 Å². The minimum absolute atomic E-state index is 0.0156. The van der Waals surface area contributed by atoms with Crippen molar-refractivity contribution in [1.29, 1.82) is 0 Å². The van der Waals surface area contributed by atoms with Crippen LogP contribution in [0.4, 0.5) is 0 Å². The molecule has 0 saturated carbocycles. The third-order valence-corrected chi connectivity index (χ3v) is 5.83. The number of hydrogen-bond donors (Lipinski definition) is 0. The summed E-state index contributed by atoms with van der Waals surface area (Å²) in [5.74, 6) is 0.0916. The number of halogens is 1. The Balaban J connectivity index is 1.91. The van der Waals surface area contributed by atoms with E-state index in [0.29, 0.717) is 12.1 Å². The van der Waals surface area contributed by atoms with Crippen LogP contribution in [0.2, 0.25) is 0 Å². The third kappa shape index (κ3) is 1.50. The average Bonchev–Trinajstić information content (AvgIpc) is 3.00. The second-order valence-corrected chi connectivity index (χ2v) is 6.91. The number of carbonyl (C=O) groups is 2. The van der Waals surface area contributed by atoms with Crippen molar-refractivity contribution in [3.8, 4) is 0 Å². The molecule has 1 aromatic heterocycles. The first-order valence-electron chi connectivity index (χ1n) is 6.33. The van der Waals surface area contributed by atoms with Gasteiger partial charge in [-0.3, -0.25) is 9.59 Å². The molecule has 1 amide bonds. The minimum atomic E-state index is -0.380. The molecule has 0 saturated heterocycles. The maximum absolute atomic E-state index is 12.6. The zero-order chi connectivity index (χ0) is 13.9. The van der Waals surface area contributed by atoms with Gasteiger partial charge in [-0.1, -0.05) is 34.1 Å². The number of ketones is 1. The van der Waals surface area contributed by atoms with E-state index in [1.54, 1.807) is 4.90 Å². The highest BCUT2D eigenvalue weighted by atomic mass is 79.9. The molecule has 100 valence electrons. The predicted octanol–water partition coefficient (Wildman–Crippen LogP) is 3.41. The van der Waals surface area contributed by atoms with E-state index in [1.807, 2.05) is 35.7 Å². The molecular formula is C15H10BrNO2S. The van der Waals surface area contributed by atoms with E-state index in [9.17, 15) is 9.59 Å². The molecule has 3 nitrogen and oxygen atoms in total. The fraction of sp³-hybridized carbons (Fsp3) is 0.200. The molecule has 0 bridgehead atoms. The maximum Gasteiger partial charge on any atom is 0.255 e. The summed E-state index contributed by atoms with van der Waals surface area (Å²) in [5, 5.41) is 1.91. The van der Waals surface area contributed by atoms with Gasteiger partial charge in [0.05, 0.1) is 10.9 Å². The normalized spacial score (nSPS) is 24.1. The van der Waals surface area contributed by atoms with E-state index in [1.165, 1.54) is 11.3 Å². The van der Waals surface area contributed by atoms with Crippen molar-refractivity contribution in [2.45, 2.75) is 17.4 Å². The largest absolute Gasteiger partial charge is 0.326 e. The van der Waals surface area contributed by atoms with Gasteiger partial charge in [0.15, 0.2) is 5.78 Å². The summed E-state index contributed by atoms with van der Waals surface area (Å²) in [6.07, 6.45) is 0. The van der Waals surface area contributed by atoms with Gasteiger partial charge < -0.3 is 4.90 Å². The number of fused-ring (bicyclic) bond motifs is 4. The molecule has 2 aromatic rings. The molecule has 0 radical (unpaired) electrons. The summed E-state index contributed by atoms with van der Waals surface area (Å²) in [5.41, 5.74) is 2.62. The van der Waals surface area contributed by atoms with E-state index in [0.717, 1.165) is 16.0 Å². The highest BCUT2D eigenvalue weighted by Crippen LogP contribution is 2.43. The Bertz CT molecular complexity index is 739. The standard InChI is InChI=1S/C15H10BrNO2S/c16-11-12-9-3-1-2-4-10(9)15(19)17(12)7-8-5-6-20-14(8)13(11)18/h1-6,11-12H,7H2/t11-,12+/m0/s1. The van der Waals surface area contributed by atoms with Crippen molar-refractivity contribution in [3.05, 3.63) is 57.3 Å². The SMILES string of the molecule is O=C1c2sccc2CN2C(=O)c3ccccc3[C@@H]2[C@@H]1Br. The van der Waals surface area contributed by atoms with Crippen LogP contribution in [0.1, 0.15) is 37.2 Å². The molecule has 1 aromatic carbocycles. The van der Waals surface area contributed by atoms with Crippen LogP contribution in [0.15, 0.2) is 35.7 Å². The van der Waals surface area contributed by atoms with E-state index >= 15 is 0 Å². The van der Waals surface area contributed by atoms with E-state index in [2.05, 4.69) is 15.9 Å². The van der Waals surface area contributed by atoms with Crippen molar-refractivity contribution in [3.63, 3.8) is 0 Å². The zero-order valence-corrected chi connectivity index (χ0v) is 12.8. The summed E-state index contributed by atoms with van der Waals surface area (Å²) in [6.45, 7) is 0.505. The predicted molar refractivity (Wildman–Crippen MR) is 80.4 cm³/mol. The number of Topliss-reactive ketones (excluding diaryl/α,β-unsaturated/α-hetero) is 1. The fourth-order valence-electron chi connectivity index (χ4n) is 3.01. The lowest BCUT2D eigenvalue weighted by Gasteiger charge is -2.25. The summed E-state index contributed by atoms with van der Waals surface area (Å²) >= 11 is 4.98. The van der Waals surface area contributed by atoms with E-state index in [4.69, 9.17) is 0 Å². The second-order valence-electron chi connectivity index (χ2n) is 5.01. The molecule has 0 fully saturated rings. The minimum Gasteiger partial charge on any atom is -0.326 e. The summed E-state index contributed by atoms with van der Waals surface area (Å²) in [7, 11) is 0. The van der Waals surface area contributed by atoms with Crippen LogP contribution in [-0.4, -0.2) is 21.4 Å². The lowest BCUT2D eigenvalue weighted by molar-refractivity contribution is 0.0707. The summed E-state index contributed by atoms with van der Waals surface area (Å²) < 4.78 is 0. The molecule has 5 heteroatoms. The van der Waals surface area contributed by atoms with Crippen LogP contribution < -0.4 is 0 Å². The topological polar surface area (TPSA) is 37.4 Å². The Morgan fingerprint density at radius 2 is 2.00 bits per heavy atom. The first-order valence-corrected chi connectivity index (χ1v) is 8.12. The van der Waals surface area contributed by atoms with Crippen LogP contribution >= 0.6 is 27.3 Å². The highest BCUT2D eigenvalue weighted by Gasteiger charge is 2.45. The van der Waals surface area contributed by atoms with Gasteiger partial charge in [-0.2, -0.15) is 0 Å². The molecule has 4 rings (SSSR count). The number of amides is 1. The molecule has 0 N–H and O–H groups in total. The number of benzene rings is 1. The first kappa shape index (κ1) is 12.3. The number of rotatable bonds is 0. The monoisotopic (exact) mass is 347 g/mol. The molecule has 0 aliphatic carbocycles. The molecule has 2 atom stereocenters. The van der Waals surface area contributed by atoms with E-state index < -0.39 is 0 Å². The number of carbonyl (C=O) groups excluding carboxylic acids is 2. The Kier molecular flexibility index (Phi) is 2.62. The average molecular weight is 348 g/mol. The Labute approximate surface area is 128 Å². The van der Waals surface area contributed by atoms with Crippen LogP contribution in [0.5, 0.6) is 0 Å². The van der Waals surface area contributed by atoms with Crippen molar-refractivity contribution in [2.75, 3.05) is 0 Å². The molecule has 3 heterocycles. The molecule has 20 heavy (non-hydrogen) atoms. The van der Waals surface area contributed by atoms with Gasteiger partial charge in [0.1, 0.15) is 4.83 Å². The smallest absolute Gasteiger partial charge is 0.255 e. The van der Waals surface area contributed by atoms with Crippen molar-refractivity contribution in [1.82, 2.24) is 4.90 Å². The molecule has 2 aliphatic heterocycles. The van der Waals surface area contributed by atoms with Crippen molar-refractivity contribution in [2.24, 2.45) is 0 Å². The maximum atomic E-state index is 12.6.